The number of hydrogen-bond acceptors (Lipinski definition) is 4. The molecule has 0 saturated carbocycles. The van der Waals surface area contributed by atoms with Crippen LogP contribution in [0.3, 0.4) is 0 Å². The Morgan fingerprint density at radius 1 is 1.41 bits per heavy atom. The van der Waals surface area contributed by atoms with Crippen molar-refractivity contribution >= 4 is 12.1 Å². The van der Waals surface area contributed by atoms with Crippen LogP contribution in [0.1, 0.15) is 36.7 Å². The Labute approximate surface area is 130 Å². The molecule has 5 heteroatoms. The minimum absolute atomic E-state index is 0.0850. The summed E-state index contributed by atoms with van der Waals surface area (Å²) in [5.41, 5.74) is 4.66. The van der Waals surface area contributed by atoms with Crippen molar-refractivity contribution in [3.63, 3.8) is 0 Å². The molecule has 2 rings (SSSR count). The van der Waals surface area contributed by atoms with Crippen molar-refractivity contribution in [2.75, 3.05) is 6.61 Å². The summed E-state index contributed by atoms with van der Waals surface area (Å²) in [7, 11) is 0. The van der Waals surface area contributed by atoms with Gasteiger partial charge in [0.05, 0.1) is 12.5 Å². The van der Waals surface area contributed by atoms with Gasteiger partial charge in [-0.25, -0.2) is 5.43 Å². The van der Waals surface area contributed by atoms with Gasteiger partial charge in [-0.3, -0.25) is 4.79 Å². The lowest BCUT2D eigenvalue weighted by atomic mass is 10.00. The molecule has 0 aliphatic rings. The topological polar surface area (TPSA) is 63.8 Å². The van der Waals surface area contributed by atoms with Gasteiger partial charge in [0.15, 0.2) is 6.61 Å². The van der Waals surface area contributed by atoms with Crippen molar-refractivity contribution < 1.29 is 13.9 Å². The first-order chi connectivity index (χ1) is 10.6. The number of hydrazone groups is 1. The van der Waals surface area contributed by atoms with Gasteiger partial charge in [-0.1, -0.05) is 31.5 Å². The summed E-state index contributed by atoms with van der Waals surface area (Å²) in [6.07, 6.45) is 2.97. The summed E-state index contributed by atoms with van der Waals surface area (Å²) in [6.45, 7) is 6.13. The number of aryl methyl sites for hydroxylation is 1. The lowest BCUT2D eigenvalue weighted by Crippen LogP contribution is -2.24. The maximum atomic E-state index is 11.7. The van der Waals surface area contributed by atoms with Gasteiger partial charge in [0.1, 0.15) is 11.5 Å². The molecule has 0 bridgehead atoms. The Hall–Kier alpha value is -2.56. The zero-order valence-electron chi connectivity index (χ0n) is 13.0. The number of nitrogens with zero attached hydrogens (tertiary/aromatic N) is 1. The number of carbonyl (C=O) groups excluding carboxylic acids is 1. The number of ether oxygens (including phenoxy) is 1. The molecule has 0 aliphatic heterocycles. The summed E-state index contributed by atoms with van der Waals surface area (Å²) in [6, 6.07) is 9.43. The standard InChI is InChI=1S/C17H20N2O3/c1-12(2)15-9-13(3)6-7-16(15)22-11-17(20)19-18-10-14-5-4-8-21-14/h4-10,12H,11H2,1-3H3,(H,19,20)/b18-10+. The summed E-state index contributed by atoms with van der Waals surface area (Å²) in [5.74, 6) is 1.31. The van der Waals surface area contributed by atoms with E-state index in [4.69, 9.17) is 9.15 Å². The lowest BCUT2D eigenvalue weighted by molar-refractivity contribution is -0.123. The molecular formula is C17H20N2O3. The van der Waals surface area contributed by atoms with Crippen LogP contribution in [0.25, 0.3) is 0 Å². The smallest absolute Gasteiger partial charge is 0.277 e. The second kappa shape index (κ2) is 7.45. The number of hydrogen-bond donors (Lipinski definition) is 1. The molecule has 0 saturated heterocycles. The van der Waals surface area contributed by atoms with E-state index in [1.807, 2.05) is 19.1 Å². The normalized spacial score (nSPS) is 11.1. The molecule has 1 amide bonds. The highest BCUT2D eigenvalue weighted by atomic mass is 16.5. The third kappa shape index (κ3) is 4.48. The summed E-state index contributed by atoms with van der Waals surface area (Å²) in [5, 5.41) is 3.80. The quantitative estimate of drug-likeness (QED) is 0.658. The largest absolute Gasteiger partial charge is 0.483 e. The molecule has 1 heterocycles. The Morgan fingerprint density at radius 3 is 2.91 bits per heavy atom. The van der Waals surface area contributed by atoms with Crippen molar-refractivity contribution in [3.8, 4) is 5.75 Å². The number of furan rings is 1. The third-order valence-electron chi connectivity index (χ3n) is 3.07. The van der Waals surface area contributed by atoms with E-state index in [-0.39, 0.29) is 12.5 Å². The molecule has 116 valence electrons. The van der Waals surface area contributed by atoms with E-state index in [0.29, 0.717) is 11.7 Å². The molecule has 0 spiro atoms. The molecular weight excluding hydrogens is 280 g/mol. The highest BCUT2D eigenvalue weighted by molar-refractivity contribution is 5.81. The Bertz CT molecular complexity index is 646. The first kappa shape index (κ1) is 15.8. The van der Waals surface area contributed by atoms with Crippen LogP contribution in [0.15, 0.2) is 46.1 Å². The van der Waals surface area contributed by atoms with E-state index < -0.39 is 0 Å². The van der Waals surface area contributed by atoms with Crippen LogP contribution in [0.5, 0.6) is 5.75 Å². The van der Waals surface area contributed by atoms with Gasteiger partial charge in [-0.15, -0.1) is 0 Å². The van der Waals surface area contributed by atoms with Gasteiger partial charge in [0.2, 0.25) is 0 Å². The van der Waals surface area contributed by atoms with E-state index in [0.717, 1.165) is 11.3 Å². The molecule has 1 aromatic carbocycles. The summed E-state index contributed by atoms with van der Waals surface area (Å²) in [4.78, 5) is 11.7. The van der Waals surface area contributed by atoms with Gasteiger partial charge in [-0.2, -0.15) is 5.10 Å². The van der Waals surface area contributed by atoms with E-state index in [1.54, 1.807) is 12.1 Å². The highest BCUT2D eigenvalue weighted by Crippen LogP contribution is 2.27. The van der Waals surface area contributed by atoms with Crippen LogP contribution < -0.4 is 10.2 Å². The number of benzene rings is 1. The predicted octanol–water partition coefficient (Wildman–Crippen LogP) is 3.24. The first-order valence-corrected chi connectivity index (χ1v) is 7.15. The number of rotatable bonds is 6. The zero-order valence-corrected chi connectivity index (χ0v) is 13.0. The Kier molecular flexibility index (Phi) is 5.36. The zero-order chi connectivity index (χ0) is 15.9. The summed E-state index contributed by atoms with van der Waals surface area (Å²) < 4.78 is 10.7. The molecule has 5 nitrogen and oxygen atoms in total. The van der Waals surface area contributed by atoms with Gasteiger partial charge in [-0.05, 0) is 36.6 Å². The Balaban J connectivity index is 1.88. The maximum absolute atomic E-state index is 11.7. The number of carbonyl (C=O) groups is 1. The minimum atomic E-state index is -0.321. The maximum Gasteiger partial charge on any atom is 0.277 e. The van der Waals surface area contributed by atoms with Gasteiger partial charge in [0.25, 0.3) is 5.91 Å². The fourth-order valence-corrected chi connectivity index (χ4v) is 1.96. The fourth-order valence-electron chi connectivity index (χ4n) is 1.96. The second-order valence-electron chi connectivity index (χ2n) is 5.29. The van der Waals surface area contributed by atoms with E-state index in [1.165, 1.54) is 18.0 Å². The average Bonchev–Trinajstić information content (AvgIpc) is 2.99. The molecule has 0 unspecified atom stereocenters. The van der Waals surface area contributed by atoms with Crippen molar-refractivity contribution in [2.24, 2.45) is 5.10 Å². The molecule has 1 aromatic heterocycles. The van der Waals surface area contributed by atoms with Crippen LogP contribution in [0, 0.1) is 6.92 Å². The third-order valence-corrected chi connectivity index (χ3v) is 3.07. The molecule has 0 atom stereocenters. The molecule has 2 aromatic rings. The van der Waals surface area contributed by atoms with Crippen LogP contribution in [0.4, 0.5) is 0 Å². The second-order valence-corrected chi connectivity index (χ2v) is 5.29. The molecule has 22 heavy (non-hydrogen) atoms. The fraction of sp³-hybridized carbons (Fsp3) is 0.294. The molecule has 0 fully saturated rings. The SMILES string of the molecule is Cc1ccc(OCC(=O)N/N=C/c2ccco2)c(C(C)C)c1. The van der Waals surface area contributed by atoms with E-state index >= 15 is 0 Å². The molecule has 0 radical (unpaired) electrons. The van der Waals surface area contributed by atoms with E-state index in [2.05, 4.69) is 30.4 Å². The minimum Gasteiger partial charge on any atom is -0.483 e. The van der Waals surface area contributed by atoms with Crippen LogP contribution >= 0.6 is 0 Å². The van der Waals surface area contributed by atoms with Crippen molar-refractivity contribution in [3.05, 3.63) is 53.5 Å². The van der Waals surface area contributed by atoms with E-state index in [9.17, 15) is 4.79 Å². The molecule has 1 N–H and O–H groups in total. The van der Waals surface area contributed by atoms with Crippen molar-refractivity contribution in [1.29, 1.82) is 0 Å². The predicted molar refractivity (Wildman–Crippen MR) is 85.2 cm³/mol. The molecule has 0 aliphatic carbocycles. The lowest BCUT2D eigenvalue weighted by Gasteiger charge is -2.14. The highest BCUT2D eigenvalue weighted by Gasteiger charge is 2.09. The van der Waals surface area contributed by atoms with Crippen molar-refractivity contribution in [2.45, 2.75) is 26.7 Å². The van der Waals surface area contributed by atoms with Gasteiger partial charge in [0, 0.05) is 0 Å². The number of nitrogens with one attached hydrogen (secondary N) is 1. The Morgan fingerprint density at radius 2 is 2.23 bits per heavy atom. The first-order valence-electron chi connectivity index (χ1n) is 7.15. The van der Waals surface area contributed by atoms with Gasteiger partial charge < -0.3 is 9.15 Å². The monoisotopic (exact) mass is 300 g/mol. The van der Waals surface area contributed by atoms with Crippen LogP contribution in [-0.4, -0.2) is 18.7 Å². The van der Waals surface area contributed by atoms with Gasteiger partial charge >= 0.3 is 0 Å². The average molecular weight is 300 g/mol. The summed E-state index contributed by atoms with van der Waals surface area (Å²) >= 11 is 0. The van der Waals surface area contributed by atoms with Crippen LogP contribution in [0.2, 0.25) is 0 Å². The number of amides is 1. The van der Waals surface area contributed by atoms with Crippen LogP contribution in [-0.2, 0) is 4.79 Å². The van der Waals surface area contributed by atoms with Crippen molar-refractivity contribution in [1.82, 2.24) is 5.43 Å².